The summed E-state index contributed by atoms with van der Waals surface area (Å²) in [6.07, 6.45) is 3.14. The van der Waals surface area contributed by atoms with Gasteiger partial charge >= 0.3 is 0 Å². The first-order valence-corrected chi connectivity index (χ1v) is 7.86. The van der Waals surface area contributed by atoms with Crippen LogP contribution in [-0.4, -0.2) is 39.1 Å². The topological polar surface area (TPSA) is 67.7 Å². The molecule has 2 aliphatic heterocycles. The maximum Gasteiger partial charge on any atom is 0.267 e. The summed E-state index contributed by atoms with van der Waals surface area (Å²) in [5, 5.41) is 3.79. The van der Waals surface area contributed by atoms with Crippen molar-refractivity contribution >= 4 is 11.6 Å². The smallest absolute Gasteiger partial charge is 0.267 e. The zero-order valence-electron chi connectivity index (χ0n) is 13.2. The largest absolute Gasteiger partial charge is 0.382 e. The molecule has 2 aliphatic rings. The second-order valence-electron chi connectivity index (χ2n) is 5.96. The van der Waals surface area contributed by atoms with Crippen LogP contribution >= 0.6 is 0 Å². The second-order valence-corrected chi connectivity index (χ2v) is 5.96. The normalized spacial score (nSPS) is 19.2. The van der Waals surface area contributed by atoms with Crippen LogP contribution in [0.4, 0.5) is 8.78 Å². The molecule has 3 heterocycles. The lowest BCUT2D eigenvalue weighted by atomic mass is 10.0. The molecule has 2 aromatic rings. The monoisotopic (exact) mass is 344 g/mol. The minimum absolute atomic E-state index is 0.0204. The van der Waals surface area contributed by atoms with Gasteiger partial charge in [0.2, 0.25) is 6.10 Å². The van der Waals surface area contributed by atoms with Gasteiger partial charge in [0.15, 0.2) is 0 Å². The summed E-state index contributed by atoms with van der Waals surface area (Å²) in [5.41, 5.74) is 2.09. The summed E-state index contributed by atoms with van der Waals surface area (Å²) in [7, 11) is 0. The quantitative estimate of drug-likeness (QED) is 0.834. The summed E-state index contributed by atoms with van der Waals surface area (Å²) in [6, 6.07) is 3.12. The van der Waals surface area contributed by atoms with Gasteiger partial charge in [-0.25, -0.2) is 18.7 Å². The standard InChI is InChI=1S/C17H14F2N4O2/c18-11-1-2-13(19)12(5-11)14-6-16(25-22-14)17(24)23-4-3-10-7-20-9-21-15(10)8-23/h1-2,5,7,9,16H,3-4,6,8H2/t16-/m0/s1. The van der Waals surface area contributed by atoms with Crippen LogP contribution in [0.1, 0.15) is 23.2 Å². The van der Waals surface area contributed by atoms with Crippen molar-refractivity contribution in [1.29, 1.82) is 0 Å². The number of halogens is 2. The molecular formula is C17H14F2N4O2. The third-order valence-electron chi connectivity index (χ3n) is 4.37. The highest BCUT2D eigenvalue weighted by atomic mass is 19.1. The molecule has 0 radical (unpaired) electrons. The molecule has 0 saturated heterocycles. The van der Waals surface area contributed by atoms with Crippen molar-refractivity contribution in [1.82, 2.24) is 14.9 Å². The number of oxime groups is 1. The molecule has 1 atom stereocenters. The van der Waals surface area contributed by atoms with Gasteiger partial charge in [0.05, 0.1) is 18.0 Å². The Balaban J connectivity index is 1.46. The Morgan fingerprint density at radius 3 is 3.08 bits per heavy atom. The summed E-state index contributed by atoms with van der Waals surface area (Å²) in [6.45, 7) is 0.906. The average molecular weight is 344 g/mol. The molecule has 8 heteroatoms. The number of rotatable bonds is 2. The minimum atomic E-state index is -0.832. The number of carbonyl (C=O) groups excluding carboxylic acids is 1. The summed E-state index contributed by atoms with van der Waals surface area (Å²) >= 11 is 0. The van der Waals surface area contributed by atoms with E-state index in [1.54, 1.807) is 11.1 Å². The van der Waals surface area contributed by atoms with E-state index in [4.69, 9.17) is 4.84 Å². The van der Waals surface area contributed by atoms with E-state index in [2.05, 4.69) is 15.1 Å². The van der Waals surface area contributed by atoms with E-state index in [0.717, 1.165) is 29.5 Å². The summed E-state index contributed by atoms with van der Waals surface area (Å²) in [5.74, 6) is -1.40. The highest BCUT2D eigenvalue weighted by Crippen LogP contribution is 2.23. The maximum atomic E-state index is 13.9. The van der Waals surface area contributed by atoms with Crippen molar-refractivity contribution in [3.63, 3.8) is 0 Å². The van der Waals surface area contributed by atoms with Gasteiger partial charge in [0.1, 0.15) is 18.0 Å². The van der Waals surface area contributed by atoms with Crippen LogP contribution in [-0.2, 0) is 22.6 Å². The molecule has 1 amide bonds. The SMILES string of the molecule is O=C([C@@H]1CC(c2cc(F)ccc2F)=NO1)N1CCc2cncnc2C1. The van der Waals surface area contributed by atoms with E-state index in [1.807, 2.05) is 0 Å². The molecule has 0 saturated carbocycles. The first-order chi connectivity index (χ1) is 12.1. The van der Waals surface area contributed by atoms with Crippen LogP contribution < -0.4 is 0 Å². The average Bonchev–Trinajstić information content (AvgIpc) is 3.12. The number of aromatic nitrogens is 2. The predicted molar refractivity (Wildman–Crippen MR) is 83.5 cm³/mol. The Morgan fingerprint density at radius 2 is 2.20 bits per heavy atom. The molecule has 1 aromatic carbocycles. The summed E-state index contributed by atoms with van der Waals surface area (Å²) in [4.78, 5) is 27.7. The number of hydrogen-bond donors (Lipinski definition) is 0. The van der Waals surface area contributed by atoms with Gasteiger partial charge in [-0.2, -0.15) is 0 Å². The highest BCUT2D eigenvalue weighted by molar-refractivity contribution is 6.04. The fourth-order valence-corrected chi connectivity index (χ4v) is 3.03. The van der Waals surface area contributed by atoms with Gasteiger partial charge in [-0.15, -0.1) is 0 Å². The van der Waals surface area contributed by atoms with E-state index in [9.17, 15) is 13.6 Å². The Kier molecular flexibility index (Phi) is 3.87. The molecule has 4 rings (SSSR count). The van der Waals surface area contributed by atoms with Crippen LogP contribution in [0.25, 0.3) is 0 Å². The van der Waals surface area contributed by atoms with Crippen molar-refractivity contribution in [2.75, 3.05) is 6.54 Å². The van der Waals surface area contributed by atoms with Gasteiger partial charge < -0.3 is 9.74 Å². The first kappa shape index (κ1) is 15.6. The zero-order chi connectivity index (χ0) is 17.4. The van der Waals surface area contributed by atoms with Gasteiger partial charge in [0.25, 0.3) is 5.91 Å². The summed E-state index contributed by atoms with van der Waals surface area (Å²) < 4.78 is 27.2. The Hall–Kier alpha value is -2.90. The van der Waals surface area contributed by atoms with Crippen LogP contribution in [0.3, 0.4) is 0 Å². The fourth-order valence-electron chi connectivity index (χ4n) is 3.03. The van der Waals surface area contributed by atoms with Crippen molar-refractivity contribution in [2.24, 2.45) is 5.16 Å². The number of amides is 1. The van der Waals surface area contributed by atoms with Gasteiger partial charge in [-0.1, -0.05) is 5.16 Å². The molecule has 0 bridgehead atoms. The van der Waals surface area contributed by atoms with Crippen LogP contribution in [0.15, 0.2) is 35.9 Å². The number of fused-ring (bicyclic) bond motifs is 1. The Morgan fingerprint density at radius 1 is 1.32 bits per heavy atom. The molecule has 1 aromatic heterocycles. The van der Waals surface area contributed by atoms with E-state index < -0.39 is 17.7 Å². The lowest BCUT2D eigenvalue weighted by molar-refractivity contribution is -0.143. The number of carbonyl (C=O) groups is 1. The van der Waals surface area contributed by atoms with Crippen molar-refractivity contribution in [3.05, 3.63) is 59.2 Å². The second kappa shape index (κ2) is 6.19. The van der Waals surface area contributed by atoms with Crippen LogP contribution in [0.5, 0.6) is 0 Å². The number of nitrogens with zero attached hydrogens (tertiary/aromatic N) is 4. The molecule has 25 heavy (non-hydrogen) atoms. The van der Waals surface area contributed by atoms with Gasteiger partial charge in [0, 0.05) is 24.7 Å². The molecule has 0 fully saturated rings. The molecule has 0 N–H and O–H groups in total. The minimum Gasteiger partial charge on any atom is -0.382 e. The molecule has 128 valence electrons. The first-order valence-electron chi connectivity index (χ1n) is 7.86. The van der Waals surface area contributed by atoms with E-state index in [1.165, 1.54) is 6.33 Å². The third kappa shape index (κ3) is 2.95. The van der Waals surface area contributed by atoms with E-state index >= 15 is 0 Å². The van der Waals surface area contributed by atoms with Crippen molar-refractivity contribution in [3.8, 4) is 0 Å². The Bertz CT molecular complexity index is 871. The van der Waals surface area contributed by atoms with Crippen LogP contribution in [0, 0.1) is 11.6 Å². The molecular weight excluding hydrogens is 330 g/mol. The number of hydrogen-bond acceptors (Lipinski definition) is 5. The molecule has 0 unspecified atom stereocenters. The maximum absolute atomic E-state index is 13.9. The van der Waals surface area contributed by atoms with Crippen molar-refractivity contribution < 1.29 is 18.4 Å². The van der Waals surface area contributed by atoms with E-state index in [-0.39, 0.29) is 23.6 Å². The van der Waals surface area contributed by atoms with Gasteiger partial charge in [-0.05, 0) is 30.2 Å². The lowest BCUT2D eigenvalue weighted by Gasteiger charge is -2.29. The molecule has 0 aliphatic carbocycles. The molecule has 0 spiro atoms. The lowest BCUT2D eigenvalue weighted by Crippen LogP contribution is -2.42. The number of benzene rings is 1. The Labute approximate surface area is 142 Å². The van der Waals surface area contributed by atoms with Crippen LogP contribution in [0.2, 0.25) is 0 Å². The van der Waals surface area contributed by atoms with E-state index in [0.29, 0.717) is 19.5 Å². The zero-order valence-corrected chi connectivity index (χ0v) is 13.2. The fraction of sp³-hybridized carbons (Fsp3) is 0.294. The van der Waals surface area contributed by atoms with Crippen molar-refractivity contribution in [2.45, 2.75) is 25.5 Å². The predicted octanol–water partition coefficient (Wildman–Crippen LogP) is 1.83. The third-order valence-corrected chi connectivity index (χ3v) is 4.37. The highest BCUT2D eigenvalue weighted by Gasteiger charge is 2.34. The molecule has 6 nitrogen and oxygen atoms in total. The van der Waals surface area contributed by atoms with Gasteiger partial charge in [-0.3, -0.25) is 4.79 Å².